The zero-order valence-electron chi connectivity index (χ0n) is 15.8. The van der Waals surface area contributed by atoms with Crippen molar-refractivity contribution in [3.63, 3.8) is 0 Å². The number of rotatable bonds is 7. The summed E-state index contributed by atoms with van der Waals surface area (Å²) >= 11 is 2.84. The molecule has 7 nitrogen and oxygen atoms in total. The summed E-state index contributed by atoms with van der Waals surface area (Å²) in [6.07, 6.45) is 0.593. The highest BCUT2D eigenvalue weighted by Gasteiger charge is 2.12. The maximum Gasteiger partial charge on any atom is 0.329 e. The van der Waals surface area contributed by atoms with Crippen molar-refractivity contribution >= 4 is 45.0 Å². The number of anilines is 1. The Hall–Kier alpha value is -3.17. The van der Waals surface area contributed by atoms with Crippen molar-refractivity contribution < 1.29 is 4.79 Å². The molecular formula is C21H18N4O3S2. The molecule has 2 N–H and O–H groups in total. The third-order valence-electron chi connectivity index (χ3n) is 4.37. The minimum absolute atomic E-state index is 0.125. The number of amides is 1. The summed E-state index contributed by atoms with van der Waals surface area (Å²) in [7, 11) is 0. The number of benzene rings is 2. The molecule has 0 aliphatic heterocycles. The molecule has 2 aromatic heterocycles. The smallest absolute Gasteiger partial charge is 0.311 e. The van der Waals surface area contributed by atoms with Gasteiger partial charge in [0, 0.05) is 12.6 Å². The van der Waals surface area contributed by atoms with Crippen molar-refractivity contribution in [2.45, 2.75) is 17.3 Å². The summed E-state index contributed by atoms with van der Waals surface area (Å²) in [5.41, 5.74) is 0.853. The van der Waals surface area contributed by atoms with Crippen molar-refractivity contribution in [2.24, 2.45) is 0 Å². The number of aromatic nitrogens is 3. The molecule has 0 saturated carbocycles. The van der Waals surface area contributed by atoms with Crippen LogP contribution in [0.15, 0.2) is 74.6 Å². The molecule has 4 rings (SSSR count). The molecule has 0 atom stereocenters. The van der Waals surface area contributed by atoms with Crippen LogP contribution in [0.5, 0.6) is 0 Å². The van der Waals surface area contributed by atoms with Gasteiger partial charge in [0.15, 0.2) is 4.34 Å². The molecule has 0 saturated heterocycles. The Kier molecular flexibility index (Phi) is 6.10. The number of fused-ring (bicyclic) bond motifs is 1. The van der Waals surface area contributed by atoms with Crippen LogP contribution in [0.1, 0.15) is 5.56 Å². The van der Waals surface area contributed by atoms with Gasteiger partial charge in [-0.15, -0.1) is 11.3 Å². The summed E-state index contributed by atoms with van der Waals surface area (Å²) in [6.45, 7) is 0.334. The van der Waals surface area contributed by atoms with Gasteiger partial charge in [0.1, 0.15) is 5.82 Å². The third kappa shape index (κ3) is 4.87. The van der Waals surface area contributed by atoms with E-state index in [1.165, 1.54) is 33.7 Å². The highest BCUT2D eigenvalue weighted by Crippen LogP contribution is 2.29. The molecule has 4 aromatic rings. The quantitative estimate of drug-likeness (QED) is 0.432. The van der Waals surface area contributed by atoms with Crippen LogP contribution in [0.25, 0.3) is 10.2 Å². The second kappa shape index (κ2) is 9.10. The van der Waals surface area contributed by atoms with Gasteiger partial charge >= 0.3 is 5.69 Å². The number of H-pyrrole nitrogens is 1. The zero-order valence-corrected chi connectivity index (χ0v) is 17.5. The number of nitrogens with one attached hydrogen (secondary N) is 2. The van der Waals surface area contributed by atoms with Gasteiger partial charge in [0.2, 0.25) is 5.91 Å². The van der Waals surface area contributed by atoms with E-state index in [0.29, 0.717) is 13.0 Å². The summed E-state index contributed by atoms with van der Waals surface area (Å²) in [5, 5.41) is 2.69. The third-order valence-corrected chi connectivity index (χ3v) is 6.55. The van der Waals surface area contributed by atoms with Crippen LogP contribution in [0.2, 0.25) is 0 Å². The van der Waals surface area contributed by atoms with E-state index in [9.17, 15) is 14.4 Å². The molecule has 30 heavy (non-hydrogen) atoms. The van der Waals surface area contributed by atoms with E-state index in [1.54, 1.807) is 0 Å². The fraction of sp³-hybridized carbons (Fsp3) is 0.143. The summed E-state index contributed by atoms with van der Waals surface area (Å²) in [5.74, 6) is 0.00626. The standard InChI is InChI=1S/C21H18N4O3S2/c26-18-12-17(25(20(28)24-18)11-10-14-6-2-1-3-7-14)23-19(27)13-29-21-22-15-8-4-5-9-16(15)30-21/h1-9,12H,10-11,13H2,(H,23,27)(H,24,26,28). The highest BCUT2D eigenvalue weighted by atomic mass is 32.2. The molecule has 2 aromatic carbocycles. The van der Waals surface area contributed by atoms with E-state index < -0.39 is 11.2 Å². The normalized spacial score (nSPS) is 10.9. The van der Waals surface area contributed by atoms with Crippen LogP contribution < -0.4 is 16.6 Å². The molecule has 0 spiro atoms. The summed E-state index contributed by atoms with van der Waals surface area (Å²) < 4.78 is 3.22. The van der Waals surface area contributed by atoms with Crippen LogP contribution >= 0.6 is 23.1 Å². The van der Waals surface area contributed by atoms with Gasteiger partial charge in [-0.2, -0.15) is 0 Å². The number of thiazole rings is 1. The lowest BCUT2D eigenvalue weighted by Gasteiger charge is -2.12. The van der Waals surface area contributed by atoms with Crippen LogP contribution in [-0.2, 0) is 17.8 Å². The lowest BCUT2D eigenvalue weighted by Crippen LogP contribution is -2.33. The van der Waals surface area contributed by atoms with Crippen LogP contribution in [0.3, 0.4) is 0 Å². The Morgan fingerprint density at radius 3 is 2.67 bits per heavy atom. The van der Waals surface area contributed by atoms with E-state index in [-0.39, 0.29) is 17.5 Å². The first-order valence-electron chi connectivity index (χ1n) is 9.25. The van der Waals surface area contributed by atoms with Crippen molar-refractivity contribution in [1.82, 2.24) is 14.5 Å². The van der Waals surface area contributed by atoms with Gasteiger partial charge in [0.25, 0.3) is 5.56 Å². The fourth-order valence-electron chi connectivity index (χ4n) is 2.95. The number of hydrogen-bond acceptors (Lipinski definition) is 6. The first-order chi connectivity index (χ1) is 14.6. The van der Waals surface area contributed by atoms with E-state index in [2.05, 4.69) is 15.3 Å². The Morgan fingerprint density at radius 2 is 1.87 bits per heavy atom. The topological polar surface area (TPSA) is 96.8 Å². The van der Waals surface area contributed by atoms with Crippen molar-refractivity contribution in [3.8, 4) is 0 Å². The maximum atomic E-state index is 12.5. The second-order valence-electron chi connectivity index (χ2n) is 6.50. The predicted octanol–water partition coefficient (Wildman–Crippen LogP) is 3.12. The molecule has 0 fully saturated rings. The molecule has 0 unspecified atom stereocenters. The SMILES string of the molecule is O=C(CSc1nc2ccccc2s1)Nc1cc(=O)[nH]c(=O)n1CCc1ccccc1. The van der Waals surface area contributed by atoms with Gasteiger partial charge in [-0.05, 0) is 24.1 Å². The Labute approximate surface area is 179 Å². The molecule has 9 heteroatoms. The average Bonchev–Trinajstić information content (AvgIpc) is 3.15. The average molecular weight is 439 g/mol. The van der Waals surface area contributed by atoms with Gasteiger partial charge < -0.3 is 5.32 Å². The number of thioether (sulfide) groups is 1. The number of aromatic amines is 1. The lowest BCUT2D eigenvalue weighted by atomic mass is 10.1. The lowest BCUT2D eigenvalue weighted by molar-refractivity contribution is -0.113. The zero-order chi connectivity index (χ0) is 20.9. The van der Waals surface area contributed by atoms with Crippen molar-refractivity contribution in [1.29, 1.82) is 0 Å². The monoisotopic (exact) mass is 438 g/mol. The number of carbonyl (C=O) groups is 1. The second-order valence-corrected chi connectivity index (χ2v) is 8.75. The molecule has 152 valence electrons. The minimum Gasteiger partial charge on any atom is -0.311 e. The van der Waals surface area contributed by atoms with Crippen LogP contribution in [0, 0.1) is 0 Å². The number of carbonyl (C=O) groups excluding carboxylic acids is 1. The minimum atomic E-state index is -0.551. The van der Waals surface area contributed by atoms with Gasteiger partial charge in [-0.25, -0.2) is 9.78 Å². The predicted molar refractivity (Wildman–Crippen MR) is 120 cm³/mol. The van der Waals surface area contributed by atoms with Crippen molar-refractivity contribution in [3.05, 3.63) is 87.1 Å². The summed E-state index contributed by atoms with van der Waals surface area (Å²) in [6, 6.07) is 18.7. The largest absolute Gasteiger partial charge is 0.329 e. The molecule has 1 amide bonds. The van der Waals surface area contributed by atoms with Crippen molar-refractivity contribution in [2.75, 3.05) is 11.1 Å². The first kappa shape index (κ1) is 20.1. The van der Waals surface area contributed by atoms with Crippen LogP contribution in [-0.4, -0.2) is 26.2 Å². The number of aryl methyl sites for hydroxylation is 1. The summed E-state index contributed by atoms with van der Waals surface area (Å²) in [4.78, 5) is 43.3. The fourth-order valence-corrected chi connectivity index (χ4v) is 4.82. The number of para-hydroxylation sites is 1. The first-order valence-corrected chi connectivity index (χ1v) is 11.0. The maximum absolute atomic E-state index is 12.5. The molecule has 0 radical (unpaired) electrons. The Bertz CT molecular complexity index is 1260. The van der Waals surface area contributed by atoms with Gasteiger partial charge in [-0.1, -0.05) is 54.2 Å². The van der Waals surface area contributed by atoms with E-state index >= 15 is 0 Å². The van der Waals surface area contributed by atoms with Gasteiger partial charge in [0.05, 0.1) is 16.0 Å². The van der Waals surface area contributed by atoms with E-state index in [1.807, 2.05) is 54.6 Å². The van der Waals surface area contributed by atoms with E-state index in [0.717, 1.165) is 20.1 Å². The highest BCUT2D eigenvalue weighted by molar-refractivity contribution is 8.01. The molecule has 0 aliphatic carbocycles. The number of nitrogens with zero attached hydrogens (tertiary/aromatic N) is 2. The molecule has 0 aliphatic rings. The van der Waals surface area contributed by atoms with E-state index in [4.69, 9.17) is 0 Å². The molecular weight excluding hydrogens is 420 g/mol. The van der Waals surface area contributed by atoms with Gasteiger partial charge in [-0.3, -0.25) is 19.1 Å². The Balaban J connectivity index is 1.45. The Morgan fingerprint density at radius 1 is 1.10 bits per heavy atom. The van der Waals surface area contributed by atoms with Crippen LogP contribution in [0.4, 0.5) is 5.82 Å². The molecule has 0 bridgehead atoms. The molecule has 2 heterocycles. The number of hydrogen-bond donors (Lipinski definition) is 2.